The smallest absolute Gasteiger partial charge is 0.407 e. The summed E-state index contributed by atoms with van der Waals surface area (Å²) >= 11 is 0. The number of alkyl carbamates (subject to hydrolysis) is 1. The Balaban J connectivity index is 1.18. The second-order valence-electron chi connectivity index (χ2n) is 9.83. The molecule has 2 amide bonds. The molecule has 0 bridgehead atoms. The third-order valence-electron chi connectivity index (χ3n) is 7.18. The third-order valence-corrected chi connectivity index (χ3v) is 7.18. The van der Waals surface area contributed by atoms with E-state index in [4.69, 9.17) is 9.84 Å². The van der Waals surface area contributed by atoms with Gasteiger partial charge in [-0.3, -0.25) is 9.59 Å². The number of benzene rings is 2. The van der Waals surface area contributed by atoms with Crippen molar-refractivity contribution in [2.45, 2.75) is 50.0 Å². The van der Waals surface area contributed by atoms with Crippen molar-refractivity contribution in [2.75, 3.05) is 19.7 Å². The highest BCUT2D eigenvalue weighted by Crippen LogP contribution is 2.45. The molecule has 2 aromatic rings. The maximum atomic E-state index is 12.9. The average Bonchev–Trinajstić information content (AvgIpc) is 3.75. The molecule has 0 radical (unpaired) electrons. The summed E-state index contributed by atoms with van der Waals surface area (Å²) in [6, 6.07) is 16.4. The largest absolute Gasteiger partial charge is 0.481 e. The maximum Gasteiger partial charge on any atom is 0.407 e. The quantitative estimate of drug-likeness (QED) is 0.553. The van der Waals surface area contributed by atoms with E-state index in [1.807, 2.05) is 24.3 Å². The monoisotopic (exact) mass is 462 g/mol. The lowest BCUT2D eigenvalue weighted by Gasteiger charge is -2.25. The van der Waals surface area contributed by atoms with Crippen molar-refractivity contribution < 1.29 is 24.2 Å². The SMILES string of the molecule is O=C(O)CCN(CC1CC1)C(=O)CC1(NC(=O)OCC2c3ccccc3-c3ccccc32)CC1. The number of rotatable bonds is 10. The topological polar surface area (TPSA) is 95.9 Å². The van der Waals surface area contributed by atoms with Crippen LogP contribution in [0.15, 0.2) is 48.5 Å². The fourth-order valence-corrected chi connectivity index (χ4v) is 4.91. The molecule has 5 rings (SSSR count). The van der Waals surface area contributed by atoms with Gasteiger partial charge in [-0.25, -0.2) is 4.79 Å². The summed E-state index contributed by atoms with van der Waals surface area (Å²) in [6.45, 7) is 1.05. The highest BCUT2D eigenvalue weighted by molar-refractivity contribution is 5.81. The zero-order valence-electron chi connectivity index (χ0n) is 19.2. The molecule has 0 aromatic heterocycles. The first-order valence-electron chi connectivity index (χ1n) is 12.1. The van der Waals surface area contributed by atoms with Crippen LogP contribution >= 0.6 is 0 Å². The Bertz CT molecular complexity index is 1060. The molecular formula is C27H30N2O5. The lowest BCUT2D eigenvalue weighted by Crippen LogP contribution is -2.44. The molecule has 0 heterocycles. The maximum absolute atomic E-state index is 12.9. The molecular weight excluding hydrogens is 432 g/mol. The van der Waals surface area contributed by atoms with E-state index in [-0.39, 0.29) is 37.8 Å². The van der Waals surface area contributed by atoms with Gasteiger partial charge < -0.3 is 20.1 Å². The Labute approximate surface area is 199 Å². The van der Waals surface area contributed by atoms with Gasteiger partial charge in [0.05, 0.1) is 18.4 Å². The van der Waals surface area contributed by atoms with Gasteiger partial charge in [0.25, 0.3) is 0 Å². The molecule has 3 aliphatic carbocycles. The molecule has 7 heteroatoms. The van der Waals surface area contributed by atoms with Gasteiger partial charge in [-0.15, -0.1) is 0 Å². The van der Waals surface area contributed by atoms with Crippen LogP contribution < -0.4 is 5.32 Å². The van der Waals surface area contributed by atoms with Gasteiger partial charge in [-0.1, -0.05) is 48.5 Å². The van der Waals surface area contributed by atoms with Gasteiger partial charge in [-0.2, -0.15) is 0 Å². The van der Waals surface area contributed by atoms with Crippen LogP contribution in [0.4, 0.5) is 4.79 Å². The van der Waals surface area contributed by atoms with Gasteiger partial charge in [0.1, 0.15) is 6.61 Å². The fraction of sp³-hybridized carbons (Fsp3) is 0.444. The Morgan fingerprint density at radius 1 is 1.00 bits per heavy atom. The van der Waals surface area contributed by atoms with Crippen LogP contribution in [-0.2, 0) is 14.3 Å². The van der Waals surface area contributed by atoms with E-state index in [2.05, 4.69) is 29.6 Å². The molecule has 34 heavy (non-hydrogen) atoms. The van der Waals surface area contributed by atoms with E-state index in [0.29, 0.717) is 12.5 Å². The molecule has 0 atom stereocenters. The predicted octanol–water partition coefficient (Wildman–Crippen LogP) is 4.16. The first-order chi connectivity index (χ1) is 16.4. The third kappa shape index (κ3) is 4.93. The molecule has 3 aliphatic rings. The number of carboxylic acids is 1. The van der Waals surface area contributed by atoms with E-state index in [9.17, 15) is 14.4 Å². The van der Waals surface area contributed by atoms with Crippen molar-refractivity contribution in [3.63, 3.8) is 0 Å². The highest BCUT2D eigenvalue weighted by Gasteiger charge is 2.47. The zero-order chi connectivity index (χ0) is 23.7. The van der Waals surface area contributed by atoms with Crippen molar-refractivity contribution in [1.29, 1.82) is 0 Å². The first kappa shape index (κ1) is 22.4. The number of carbonyl (C=O) groups excluding carboxylic acids is 2. The van der Waals surface area contributed by atoms with Gasteiger partial charge >= 0.3 is 12.1 Å². The average molecular weight is 463 g/mol. The molecule has 178 valence electrons. The standard InChI is InChI=1S/C27H30N2O5/c30-24(29(14-11-25(31)32)16-18-9-10-18)15-27(12-13-27)28-26(33)34-17-23-21-7-3-1-5-19(21)20-6-2-4-8-22(20)23/h1-8,18,23H,9-17H2,(H,28,33)(H,31,32). The Morgan fingerprint density at radius 2 is 1.62 bits per heavy atom. The van der Waals surface area contributed by atoms with Crippen molar-refractivity contribution in [3.8, 4) is 11.1 Å². The predicted molar refractivity (Wildman–Crippen MR) is 126 cm³/mol. The minimum Gasteiger partial charge on any atom is -0.481 e. The minimum atomic E-state index is -0.911. The summed E-state index contributed by atoms with van der Waals surface area (Å²) in [7, 11) is 0. The highest BCUT2D eigenvalue weighted by atomic mass is 16.5. The fourth-order valence-electron chi connectivity index (χ4n) is 4.91. The van der Waals surface area contributed by atoms with E-state index in [1.54, 1.807) is 4.90 Å². The molecule has 2 aromatic carbocycles. The van der Waals surface area contributed by atoms with Gasteiger partial charge in [0.2, 0.25) is 5.91 Å². The van der Waals surface area contributed by atoms with E-state index >= 15 is 0 Å². The van der Waals surface area contributed by atoms with Crippen molar-refractivity contribution in [1.82, 2.24) is 10.2 Å². The number of carbonyl (C=O) groups is 3. The molecule has 0 aliphatic heterocycles. The van der Waals surface area contributed by atoms with E-state index < -0.39 is 17.6 Å². The number of hydrogen-bond acceptors (Lipinski definition) is 4. The van der Waals surface area contributed by atoms with Gasteiger partial charge in [0, 0.05) is 19.0 Å². The van der Waals surface area contributed by atoms with Gasteiger partial charge in [0.15, 0.2) is 0 Å². The van der Waals surface area contributed by atoms with Crippen LogP contribution in [0.1, 0.15) is 55.6 Å². The van der Waals surface area contributed by atoms with Gasteiger partial charge in [-0.05, 0) is 53.9 Å². The summed E-state index contributed by atoms with van der Waals surface area (Å²) in [5.74, 6) is -0.543. The number of carboxylic acid groups (broad SMARTS) is 1. The first-order valence-corrected chi connectivity index (χ1v) is 12.1. The van der Waals surface area contributed by atoms with E-state index in [0.717, 1.165) is 36.8 Å². The summed E-state index contributed by atoms with van der Waals surface area (Å²) < 4.78 is 5.66. The van der Waals surface area contributed by atoms with Crippen molar-refractivity contribution >= 4 is 18.0 Å². The number of nitrogens with one attached hydrogen (secondary N) is 1. The molecule has 2 saturated carbocycles. The summed E-state index contributed by atoms with van der Waals surface area (Å²) in [4.78, 5) is 38.3. The second kappa shape index (κ2) is 9.12. The number of ether oxygens (including phenoxy) is 1. The lowest BCUT2D eigenvalue weighted by molar-refractivity contribution is -0.138. The Kier molecular flexibility index (Phi) is 6.02. The second-order valence-corrected chi connectivity index (χ2v) is 9.83. The summed E-state index contributed by atoms with van der Waals surface area (Å²) in [5.41, 5.74) is 4.08. The number of nitrogens with zero attached hydrogens (tertiary/aromatic N) is 1. The summed E-state index contributed by atoms with van der Waals surface area (Å²) in [5, 5.41) is 12.0. The minimum absolute atomic E-state index is 0.0139. The van der Waals surface area contributed by atoms with Crippen LogP contribution in [-0.4, -0.2) is 53.2 Å². The number of fused-ring (bicyclic) bond motifs is 3. The van der Waals surface area contributed by atoms with E-state index in [1.165, 1.54) is 11.1 Å². The Morgan fingerprint density at radius 3 is 2.18 bits per heavy atom. The molecule has 2 N–H and O–H groups in total. The molecule has 0 spiro atoms. The van der Waals surface area contributed by atoms with Crippen LogP contribution in [0.5, 0.6) is 0 Å². The lowest BCUT2D eigenvalue weighted by atomic mass is 9.98. The molecule has 2 fully saturated rings. The van der Waals surface area contributed by atoms with Crippen LogP contribution in [0.25, 0.3) is 11.1 Å². The number of aliphatic carboxylic acids is 1. The van der Waals surface area contributed by atoms with Crippen LogP contribution in [0.2, 0.25) is 0 Å². The zero-order valence-corrected chi connectivity index (χ0v) is 19.2. The number of hydrogen-bond donors (Lipinski definition) is 2. The Hall–Kier alpha value is -3.35. The molecule has 7 nitrogen and oxygen atoms in total. The van der Waals surface area contributed by atoms with Crippen molar-refractivity contribution in [3.05, 3.63) is 59.7 Å². The summed E-state index contributed by atoms with van der Waals surface area (Å²) in [6.07, 6.45) is 3.22. The van der Waals surface area contributed by atoms with Crippen molar-refractivity contribution in [2.24, 2.45) is 5.92 Å². The normalized spacial score (nSPS) is 17.4. The van der Waals surface area contributed by atoms with Crippen LogP contribution in [0.3, 0.4) is 0 Å². The number of amides is 2. The molecule has 0 saturated heterocycles. The molecule has 0 unspecified atom stereocenters. The van der Waals surface area contributed by atoms with Crippen LogP contribution in [0, 0.1) is 5.92 Å².